The lowest BCUT2D eigenvalue weighted by atomic mass is 10.4. The van der Waals surface area contributed by atoms with Gasteiger partial charge in [0.2, 0.25) is 0 Å². The predicted molar refractivity (Wildman–Crippen MR) is 60.5 cm³/mol. The van der Waals surface area contributed by atoms with Crippen molar-refractivity contribution in [2.45, 2.75) is 0 Å². The molecule has 0 spiro atoms. The second-order valence-corrected chi connectivity index (χ2v) is 3.55. The molecule has 0 bridgehead atoms. The van der Waals surface area contributed by atoms with Gasteiger partial charge in [0.1, 0.15) is 17.0 Å². The number of nitrogen functional groups attached to an aromatic ring is 1. The summed E-state index contributed by atoms with van der Waals surface area (Å²) in [5.74, 6) is 1.23. The van der Waals surface area contributed by atoms with E-state index in [0.717, 1.165) is 22.7 Å². The third kappa shape index (κ3) is 1.16. The Hall–Kier alpha value is -2.37. The van der Waals surface area contributed by atoms with Crippen LogP contribution in [0.1, 0.15) is 0 Å². The molecule has 3 aromatic heterocycles. The van der Waals surface area contributed by atoms with Crippen molar-refractivity contribution >= 4 is 17.0 Å². The fourth-order valence-electron chi connectivity index (χ4n) is 1.72. The van der Waals surface area contributed by atoms with E-state index in [0.29, 0.717) is 5.82 Å². The van der Waals surface area contributed by atoms with Crippen LogP contribution in [0, 0.1) is 0 Å². The van der Waals surface area contributed by atoms with Gasteiger partial charge in [-0.1, -0.05) is 0 Å². The molecule has 0 aliphatic rings. The lowest BCUT2D eigenvalue weighted by Crippen LogP contribution is -1.93. The van der Waals surface area contributed by atoms with E-state index >= 15 is 0 Å². The number of aromatic amines is 1. The van der Waals surface area contributed by atoms with Crippen LogP contribution in [0.25, 0.3) is 22.7 Å². The number of hydrogen-bond donors (Lipinski definition) is 2. The first kappa shape index (κ1) is 8.90. The summed E-state index contributed by atoms with van der Waals surface area (Å²) in [7, 11) is 1.91. The number of anilines is 1. The molecule has 6 heteroatoms. The summed E-state index contributed by atoms with van der Waals surface area (Å²) in [6.45, 7) is 0. The maximum atomic E-state index is 5.57. The number of nitrogens with two attached hydrogens (primary N) is 1. The quantitative estimate of drug-likeness (QED) is 0.631. The third-order valence-corrected chi connectivity index (χ3v) is 2.47. The van der Waals surface area contributed by atoms with E-state index in [1.165, 1.54) is 0 Å². The maximum absolute atomic E-state index is 5.57. The average Bonchev–Trinajstić information content (AvgIpc) is 2.84. The monoisotopic (exact) mass is 214 g/mol. The van der Waals surface area contributed by atoms with Gasteiger partial charge in [-0.15, -0.1) is 0 Å². The Labute approximate surface area is 91.1 Å². The summed E-state index contributed by atoms with van der Waals surface area (Å²) in [5, 5.41) is 6.72. The lowest BCUT2D eigenvalue weighted by Gasteiger charge is -1.97. The zero-order valence-electron chi connectivity index (χ0n) is 8.68. The van der Waals surface area contributed by atoms with Crippen LogP contribution >= 0.6 is 0 Å². The van der Waals surface area contributed by atoms with Crippen LogP contribution < -0.4 is 5.73 Å². The second kappa shape index (κ2) is 3.06. The largest absolute Gasteiger partial charge is 0.382 e. The Morgan fingerprint density at radius 1 is 1.44 bits per heavy atom. The Bertz CT molecular complexity index is 650. The third-order valence-electron chi connectivity index (χ3n) is 2.47. The van der Waals surface area contributed by atoms with Crippen molar-refractivity contribution in [1.82, 2.24) is 24.7 Å². The van der Waals surface area contributed by atoms with Crippen LogP contribution in [0.4, 0.5) is 5.82 Å². The van der Waals surface area contributed by atoms with E-state index in [-0.39, 0.29) is 0 Å². The number of hydrogen-bond acceptors (Lipinski definition) is 4. The fraction of sp³-hybridized carbons (Fsp3) is 0.100. The molecule has 0 aromatic carbocycles. The van der Waals surface area contributed by atoms with E-state index in [9.17, 15) is 0 Å². The first-order valence-corrected chi connectivity index (χ1v) is 4.84. The minimum Gasteiger partial charge on any atom is -0.382 e. The van der Waals surface area contributed by atoms with E-state index in [1.54, 1.807) is 12.3 Å². The standard InChI is InChI=1S/C10H10N6/c1-16-9-6(3-2-4-12-9)13-10(16)7-5-8(11)15-14-7/h2-5H,1H3,(H3,11,14,15). The first-order chi connectivity index (χ1) is 7.75. The number of imidazole rings is 1. The summed E-state index contributed by atoms with van der Waals surface area (Å²) < 4.78 is 1.91. The molecule has 0 radical (unpaired) electrons. The number of nitrogens with zero attached hydrogens (tertiary/aromatic N) is 4. The van der Waals surface area contributed by atoms with Crippen molar-refractivity contribution < 1.29 is 0 Å². The molecule has 0 saturated heterocycles. The van der Waals surface area contributed by atoms with Crippen LogP contribution in [-0.4, -0.2) is 24.7 Å². The molecular formula is C10H10N6. The molecular weight excluding hydrogens is 204 g/mol. The van der Waals surface area contributed by atoms with Crippen LogP contribution in [0.15, 0.2) is 24.4 Å². The van der Waals surface area contributed by atoms with Crippen molar-refractivity contribution in [2.75, 3.05) is 5.73 Å². The van der Waals surface area contributed by atoms with Gasteiger partial charge in [0.15, 0.2) is 11.5 Å². The fourth-order valence-corrected chi connectivity index (χ4v) is 1.72. The summed E-state index contributed by atoms with van der Waals surface area (Å²) >= 11 is 0. The minimum atomic E-state index is 0.454. The number of fused-ring (bicyclic) bond motifs is 1. The number of H-pyrrole nitrogens is 1. The van der Waals surface area contributed by atoms with Crippen molar-refractivity contribution in [3.05, 3.63) is 24.4 Å². The van der Waals surface area contributed by atoms with Crippen molar-refractivity contribution in [3.8, 4) is 11.5 Å². The summed E-state index contributed by atoms with van der Waals surface area (Å²) in [6.07, 6.45) is 1.75. The van der Waals surface area contributed by atoms with Gasteiger partial charge in [-0.2, -0.15) is 5.10 Å². The zero-order valence-corrected chi connectivity index (χ0v) is 8.68. The summed E-state index contributed by atoms with van der Waals surface area (Å²) in [5.41, 5.74) is 8.05. The molecule has 0 amide bonds. The Kier molecular flexibility index (Phi) is 1.70. The molecule has 80 valence electrons. The highest BCUT2D eigenvalue weighted by atomic mass is 15.2. The van der Waals surface area contributed by atoms with Gasteiger partial charge >= 0.3 is 0 Å². The number of aromatic nitrogens is 5. The van der Waals surface area contributed by atoms with Crippen LogP contribution in [0.5, 0.6) is 0 Å². The van der Waals surface area contributed by atoms with Gasteiger partial charge in [0, 0.05) is 19.3 Å². The molecule has 16 heavy (non-hydrogen) atoms. The van der Waals surface area contributed by atoms with E-state index < -0.39 is 0 Å². The molecule has 3 heterocycles. The predicted octanol–water partition coefficient (Wildman–Crippen LogP) is 0.941. The van der Waals surface area contributed by atoms with Gasteiger partial charge < -0.3 is 10.3 Å². The van der Waals surface area contributed by atoms with Gasteiger partial charge in [0.25, 0.3) is 0 Å². The van der Waals surface area contributed by atoms with Crippen molar-refractivity contribution in [1.29, 1.82) is 0 Å². The Morgan fingerprint density at radius 2 is 2.31 bits per heavy atom. The summed E-state index contributed by atoms with van der Waals surface area (Å²) in [6, 6.07) is 5.53. The lowest BCUT2D eigenvalue weighted by molar-refractivity contribution is 0.929. The number of aryl methyl sites for hydroxylation is 1. The first-order valence-electron chi connectivity index (χ1n) is 4.84. The highest BCUT2D eigenvalue weighted by Crippen LogP contribution is 2.21. The smallest absolute Gasteiger partial charge is 0.160 e. The van der Waals surface area contributed by atoms with Gasteiger partial charge in [0.05, 0.1) is 0 Å². The van der Waals surface area contributed by atoms with Gasteiger partial charge in [-0.05, 0) is 12.1 Å². The van der Waals surface area contributed by atoms with E-state index in [1.807, 2.05) is 23.7 Å². The van der Waals surface area contributed by atoms with Crippen LogP contribution in [0.3, 0.4) is 0 Å². The highest BCUT2D eigenvalue weighted by molar-refractivity contribution is 5.76. The molecule has 3 N–H and O–H groups in total. The number of nitrogens with one attached hydrogen (secondary N) is 1. The Balaban J connectivity index is 2.28. The topological polar surface area (TPSA) is 85.4 Å². The molecule has 0 saturated carbocycles. The Morgan fingerprint density at radius 3 is 3.00 bits per heavy atom. The number of pyridine rings is 1. The van der Waals surface area contributed by atoms with Gasteiger partial charge in [-0.25, -0.2) is 9.97 Å². The molecule has 0 unspecified atom stereocenters. The van der Waals surface area contributed by atoms with Crippen molar-refractivity contribution in [2.24, 2.45) is 7.05 Å². The second-order valence-electron chi connectivity index (χ2n) is 3.55. The van der Waals surface area contributed by atoms with Crippen molar-refractivity contribution in [3.63, 3.8) is 0 Å². The molecule has 0 aliphatic carbocycles. The van der Waals surface area contributed by atoms with E-state index in [2.05, 4.69) is 20.2 Å². The minimum absolute atomic E-state index is 0.454. The molecule has 0 atom stereocenters. The van der Waals surface area contributed by atoms with Crippen LogP contribution in [-0.2, 0) is 7.05 Å². The molecule has 0 fully saturated rings. The average molecular weight is 214 g/mol. The molecule has 6 nitrogen and oxygen atoms in total. The highest BCUT2D eigenvalue weighted by Gasteiger charge is 2.11. The van der Waals surface area contributed by atoms with Gasteiger partial charge in [-0.3, -0.25) is 5.10 Å². The molecule has 0 aliphatic heterocycles. The maximum Gasteiger partial charge on any atom is 0.160 e. The molecule has 3 rings (SSSR count). The normalized spacial score (nSPS) is 11.1. The molecule has 3 aromatic rings. The van der Waals surface area contributed by atoms with E-state index in [4.69, 9.17) is 5.73 Å². The summed E-state index contributed by atoms with van der Waals surface area (Å²) in [4.78, 5) is 8.74. The SMILES string of the molecule is Cn1c(-c2cc(N)n[nH]2)nc2cccnc21. The van der Waals surface area contributed by atoms with Crippen LogP contribution in [0.2, 0.25) is 0 Å². The number of rotatable bonds is 1. The zero-order chi connectivity index (χ0) is 11.1.